The molecule has 2 aliphatic rings. The highest BCUT2D eigenvalue weighted by Gasteiger charge is 2.36. The van der Waals surface area contributed by atoms with E-state index in [9.17, 15) is 4.79 Å². The zero-order chi connectivity index (χ0) is 12.8. The predicted octanol–water partition coefficient (Wildman–Crippen LogP) is 1.18. The molecular weight excluding hydrogens is 238 g/mol. The molecule has 2 fully saturated rings. The SMILES string of the molecule is O=c1[nH]c(N2CC3CNCC3C2)cc2ccccc12. The highest BCUT2D eigenvalue weighted by atomic mass is 16.1. The van der Waals surface area contributed by atoms with Gasteiger partial charge in [-0.15, -0.1) is 0 Å². The Hall–Kier alpha value is -1.81. The molecule has 0 radical (unpaired) electrons. The number of anilines is 1. The summed E-state index contributed by atoms with van der Waals surface area (Å²) in [6.07, 6.45) is 0. The van der Waals surface area contributed by atoms with Crippen molar-refractivity contribution in [2.75, 3.05) is 31.1 Å². The van der Waals surface area contributed by atoms with E-state index in [2.05, 4.69) is 21.3 Å². The summed E-state index contributed by atoms with van der Waals surface area (Å²) >= 11 is 0. The number of aromatic nitrogens is 1. The molecule has 98 valence electrons. The van der Waals surface area contributed by atoms with Gasteiger partial charge in [-0.2, -0.15) is 0 Å². The third kappa shape index (κ3) is 1.75. The van der Waals surface area contributed by atoms with E-state index in [4.69, 9.17) is 0 Å². The maximum atomic E-state index is 12.1. The lowest BCUT2D eigenvalue weighted by Gasteiger charge is -2.19. The molecule has 0 aliphatic carbocycles. The lowest BCUT2D eigenvalue weighted by molar-refractivity contribution is 0.533. The molecule has 1 aromatic heterocycles. The second kappa shape index (κ2) is 4.10. The first kappa shape index (κ1) is 11.1. The molecule has 0 amide bonds. The standard InChI is InChI=1S/C15H17N3O/c19-15-13-4-2-1-3-10(13)5-14(17-15)18-8-11-6-16-7-12(11)9-18/h1-5,11-12,16H,6-9H2,(H,17,19). The number of benzene rings is 1. The number of aromatic amines is 1. The number of fused-ring (bicyclic) bond motifs is 2. The molecule has 2 saturated heterocycles. The number of pyridine rings is 1. The van der Waals surface area contributed by atoms with E-state index in [1.165, 1.54) is 0 Å². The van der Waals surface area contributed by atoms with Gasteiger partial charge in [0.15, 0.2) is 0 Å². The molecule has 2 atom stereocenters. The largest absolute Gasteiger partial charge is 0.357 e. The minimum atomic E-state index is 0.0169. The van der Waals surface area contributed by atoms with Crippen LogP contribution in [0.1, 0.15) is 0 Å². The van der Waals surface area contributed by atoms with Crippen LogP contribution in [0.4, 0.5) is 5.82 Å². The van der Waals surface area contributed by atoms with Gasteiger partial charge >= 0.3 is 0 Å². The van der Waals surface area contributed by atoms with Crippen molar-refractivity contribution in [2.45, 2.75) is 0 Å². The van der Waals surface area contributed by atoms with Gasteiger partial charge in [-0.1, -0.05) is 18.2 Å². The summed E-state index contributed by atoms with van der Waals surface area (Å²) in [5, 5.41) is 5.23. The average molecular weight is 255 g/mol. The van der Waals surface area contributed by atoms with Crippen LogP contribution in [-0.2, 0) is 0 Å². The van der Waals surface area contributed by atoms with Crippen LogP contribution in [0.5, 0.6) is 0 Å². The first-order valence-corrected chi connectivity index (χ1v) is 6.89. The zero-order valence-corrected chi connectivity index (χ0v) is 10.7. The summed E-state index contributed by atoms with van der Waals surface area (Å²) in [7, 11) is 0. The van der Waals surface area contributed by atoms with Crippen molar-refractivity contribution < 1.29 is 0 Å². The Morgan fingerprint density at radius 1 is 1.11 bits per heavy atom. The number of rotatable bonds is 1. The minimum absolute atomic E-state index is 0.0169. The quantitative estimate of drug-likeness (QED) is 0.804. The molecular formula is C15H17N3O. The zero-order valence-electron chi connectivity index (χ0n) is 10.7. The van der Waals surface area contributed by atoms with E-state index in [0.717, 1.165) is 54.6 Å². The van der Waals surface area contributed by atoms with Crippen LogP contribution in [0, 0.1) is 11.8 Å². The first-order valence-electron chi connectivity index (χ1n) is 6.89. The highest BCUT2D eigenvalue weighted by molar-refractivity contribution is 5.83. The van der Waals surface area contributed by atoms with Crippen LogP contribution < -0.4 is 15.8 Å². The maximum absolute atomic E-state index is 12.1. The van der Waals surface area contributed by atoms with Crippen LogP contribution in [-0.4, -0.2) is 31.2 Å². The van der Waals surface area contributed by atoms with Crippen molar-refractivity contribution in [3.05, 3.63) is 40.7 Å². The molecule has 2 aliphatic heterocycles. The van der Waals surface area contributed by atoms with Crippen molar-refractivity contribution in [3.63, 3.8) is 0 Å². The van der Waals surface area contributed by atoms with Gasteiger partial charge in [0.1, 0.15) is 5.82 Å². The third-order valence-electron chi connectivity index (χ3n) is 4.47. The summed E-state index contributed by atoms with van der Waals surface area (Å²) in [6.45, 7) is 4.32. The summed E-state index contributed by atoms with van der Waals surface area (Å²) in [5.74, 6) is 2.43. The van der Waals surface area contributed by atoms with Crippen molar-refractivity contribution in [2.24, 2.45) is 11.8 Å². The fraction of sp³-hybridized carbons (Fsp3) is 0.400. The normalized spacial score (nSPS) is 26.0. The number of nitrogens with one attached hydrogen (secondary N) is 2. The molecule has 1 aromatic carbocycles. The van der Waals surface area contributed by atoms with Crippen molar-refractivity contribution in [1.82, 2.24) is 10.3 Å². The summed E-state index contributed by atoms with van der Waals surface area (Å²) < 4.78 is 0. The summed E-state index contributed by atoms with van der Waals surface area (Å²) in [6, 6.07) is 9.87. The Labute approximate surface area is 111 Å². The topological polar surface area (TPSA) is 48.1 Å². The van der Waals surface area contributed by atoms with Crippen molar-refractivity contribution in [3.8, 4) is 0 Å². The van der Waals surface area contributed by atoms with Gasteiger partial charge in [0.2, 0.25) is 0 Å². The molecule has 0 saturated carbocycles. The highest BCUT2D eigenvalue weighted by Crippen LogP contribution is 2.29. The lowest BCUT2D eigenvalue weighted by Crippen LogP contribution is -2.27. The fourth-order valence-electron chi connectivity index (χ4n) is 3.42. The maximum Gasteiger partial charge on any atom is 0.257 e. The fourth-order valence-corrected chi connectivity index (χ4v) is 3.42. The Kier molecular flexibility index (Phi) is 2.38. The van der Waals surface area contributed by atoms with Crippen LogP contribution in [0.2, 0.25) is 0 Å². The van der Waals surface area contributed by atoms with E-state index >= 15 is 0 Å². The van der Waals surface area contributed by atoms with E-state index < -0.39 is 0 Å². The molecule has 3 heterocycles. The van der Waals surface area contributed by atoms with Crippen LogP contribution in [0.25, 0.3) is 10.8 Å². The van der Waals surface area contributed by atoms with Crippen molar-refractivity contribution in [1.29, 1.82) is 0 Å². The van der Waals surface area contributed by atoms with E-state index in [0.29, 0.717) is 0 Å². The van der Waals surface area contributed by atoms with Crippen molar-refractivity contribution >= 4 is 16.6 Å². The third-order valence-corrected chi connectivity index (χ3v) is 4.47. The number of nitrogens with zero attached hydrogens (tertiary/aromatic N) is 1. The van der Waals surface area contributed by atoms with E-state index in [1.807, 2.05) is 24.3 Å². The first-order chi connectivity index (χ1) is 9.31. The van der Waals surface area contributed by atoms with Gasteiger partial charge in [0.25, 0.3) is 5.56 Å². The van der Waals surface area contributed by atoms with Gasteiger partial charge in [0, 0.05) is 31.6 Å². The molecule has 4 heteroatoms. The summed E-state index contributed by atoms with van der Waals surface area (Å²) in [4.78, 5) is 17.5. The molecule has 4 nitrogen and oxygen atoms in total. The molecule has 0 bridgehead atoms. The Morgan fingerprint density at radius 3 is 2.63 bits per heavy atom. The predicted molar refractivity (Wildman–Crippen MR) is 76.6 cm³/mol. The van der Waals surface area contributed by atoms with E-state index in [-0.39, 0.29) is 5.56 Å². The smallest absolute Gasteiger partial charge is 0.257 e. The van der Waals surface area contributed by atoms with Gasteiger partial charge < -0.3 is 15.2 Å². The average Bonchev–Trinajstić information content (AvgIpc) is 2.99. The van der Waals surface area contributed by atoms with Crippen LogP contribution in [0.3, 0.4) is 0 Å². The number of hydrogen-bond donors (Lipinski definition) is 2. The van der Waals surface area contributed by atoms with Gasteiger partial charge in [0.05, 0.1) is 0 Å². The van der Waals surface area contributed by atoms with Crippen LogP contribution in [0.15, 0.2) is 35.1 Å². The van der Waals surface area contributed by atoms with Crippen LogP contribution >= 0.6 is 0 Å². The number of H-pyrrole nitrogens is 1. The monoisotopic (exact) mass is 255 g/mol. The molecule has 2 aromatic rings. The van der Waals surface area contributed by atoms with E-state index in [1.54, 1.807) is 0 Å². The lowest BCUT2D eigenvalue weighted by atomic mass is 10.0. The molecule has 4 rings (SSSR count). The van der Waals surface area contributed by atoms with Gasteiger partial charge in [-0.05, 0) is 29.4 Å². The molecule has 19 heavy (non-hydrogen) atoms. The second-order valence-corrected chi connectivity index (χ2v) is 5.65. The second-order valence-electron chi connectivity index (χ2n) is 5.65. The van der Waals surface area contributed by atoms with Gasteiger partial charge in [-0.3, -0.25) is 4.79 Å². The number of hydrogen-bond acceptors (Lipinski definition) is 3. The molecule has 0 spiro atoms. The Balaban J connectivity index is 1.74. The summed E-state index contributed by atoms with van der Waals surface area (Å²) in [5.41, 5.74) is 0.0169. The Bertz CT molecular complexity index is 666. The molecule has 2 unspecified atom stereocenters. The Morgan fingerprint density at radius 2 is 1.84 bits per heavy atom. The minimum Gasteiger partial charge on any atom is -0.357 e. The van der Waals surface area contributed by atoms with Gasteiger partial charge in [-0.25, -0.2) is 0 Å². The molecule has 2 N–H and O–H groups in total.